The summed E-state index contributed by atoms with van der Waals surface area (Å²) in [6, 6.07) is 9.06. The van der Waals surface area contributed by atoms with Crippen molar-refractivity contribution in [3.05, 3.63) is 29.8 Å². The van der Waals surface area contributed by atoms with Gasteiger partial charge in [0.05, 0.1) is 6.61 Å². The Bertz CT molecular complexity index is 402. The molecule has 2 unspecified atom stereocenters. The molecule has 3 heteroatoms. The van der Waals surface area contributed by atoms with Crippen LogP contribution in [0.1, 0.15) is 45.2 Å². The third-order valence-corrected chi connectivity index (χ3v) is 3.91. The minimum absolute atomic E-state index is 0.237. The molecule has 0 aliphatic carbocycles. The van der Waals surface area contributed by atoms with Gasteiger partial charge in [-0.1, -0.05) is 26.0 Å². The molecular weight excluding hydrogens is 248 g/mol. The minimum atomic E-state index is 0.237. The predicted molar refractivity (Wildman–Crippen MR) is 84.0 cm³/mol. The van der Waals surface area contributed by atoms with Gasteiger partial charge in [-0.05, 0) is 49.9 Å². The molecule has 2 N–H and O–H groups in total. The number of nitrogens with two attached hydrogens (primary N) is 1. The van der Waals surface area contributed by atoms with Crippen molar-refractivity contribution < 1.29 is 4.74 Å². The zero-order chi connectivity index (χ0) is 14.5. The van der Waals surface area contributed by atoms with E-state index in [1.165, 1.54) is 12.0 Å². The molecule has 2 rings (SSSR count). The van der Waals surface area contributed by atoms with E-state index in [0.29, 0.717) is 18.6 Å². The van der Waals surface area contributed by atoms with Gasteiger partial charge in [0.15, 0.2) is 0 Å². The lowest BCUT2D eigenvalue weighted by Gasteiger charge is -2.41. The lowest BCUT2D eigenvalue weighted by molar-refractivity contribution is 0.114. The number of piperidine rings is 1. The van der Waals surface area contributed by atoms with Crippen LogP contribution < -0.4 is 10.5 Å². The Balaban J connectivity index is 2.16. The molecule has 2 atom stereocenters. The smallest absolute Gasteiger partial charge is 0.119 e. The van der Waals surface area contributed by atoms with E-state index >= 15 is 0 Å². The second-order valence-corrected chi connectivity index (χ2v) is 6.14. The zero-order valence-corrected chi connectivity index (χ0v) is 13.0. The van der Waals surface area contributed by atoms with Gasteiger partial charge in [-0.15, -0.1) is 0 Å². The second kappa shape index (κ2) is 7.09. The number of hydrogen-bond acceptors (Lipinski definition) is 3. The van der Waals surface area contributed by atoms with Gasteiger partial charge in [0, 0.05) is 18.6 Å². The fourth-order valence-corrected chi connectivity index (χ4v) is 3.16. The number of benzene rings is 1. The van der Waals surface area contributed by atoms with Crippen LogP contribution >= 0.6 is 0 Å². The first kappa shape index (κ1) is 15.3. The fraction of sp³-hybridized carbons (Fsp3) is 0.647. The number of hydrogen-bond donors (Lipinski definition) is 1. The molecular formula is C17H28N2O. The molecule has 1 fully saturated rings. The van der Waals surface area contributed by atoms with Crippen LogP contribution in [0.2, 0.25) is 0 Å². The van der Waals surface area contributed by atoms with E-state index in [4.69, 9.17) is 10.5 Å². The normalized spacial score (nSPS) is 24.1. The summed E-state index contributed by atoms with van der Waals surface area (Å²) in [6.07, 6.45) is 2.33. The van der Waals surface area contributed by atoms with Crippen LogP contribution in [0.4, 0.5) is 0 Å². The van der Waals surface area contributed by atoms with Gasteiger partial charge in [0.25, 0.3) is 0 Å². The number of likely N-dealkylation sites (tertiary alicyclic amines) is 1. The van der Waals surface area contributed by atoms with Crippen molar-refractivity contribution in [3.8, 4) is 5.75 Å². The van der Waals surface area contributed by atoms with Crippen molar-refractivity contribution in [2.24, 2.45) is 11.7 Å². The van der Waals surface area contributed by atoms with Crippen LogP contribution in [0.25, 0.3) is 0 Å². The first-order chi connectivity index (χ1) is 9.61. The molecule has 1 aliphatic heterocycles. The average molecular weight is 276 g/mol. The average Bonchev–Trinajstić information content (AvgIpc) is 2.40. The van der Waals surface area contributed by atoms with E-state index in [1.54, 1.807) is 0 Å². The summed E-state index contributed by atoms with van der Waals surface area (Å²) < 4.78 is 5.52. The highest BCUT2D eigenvalue weighted by molar-refractivity contribution is 5.30. The largest absolute Gasteiger partial charge is 0.494 e. The van der Waals surface area contributed by atoms with Gasteiger partial charge in [-0.2, -0.15) is 0 Å². The summed E-state index contributed by atoms with van der Waals surface area (Å²) in [5.41, 5.74) is 7.72. The Morgan fingerprint density at radius 1 is 1.30 bits per heavy atom. The Hall–Kier alpha value is -1.06. The van der Waals surface area contributed by atoms with E-state index in [9.17, 15) is 0 Å². The lowest BCUT2D eigenvalue weighted by atomic mass is 9.90. The van der Waals surface area contributed by atoms with Crippen LogP contribution in [-0.2, 0) is 0 Å². The SMILES string of the molecule is CCOc1ccc(C2C(N)CCCN2CC(C)C)cc1. The highest BCUT2D eigenvalue weighted by Gasteiger charge is 2.30. The van der Waals surface area contributed by atoms with Crippen molar-refractivity contribution in [1.82, 2.24) is 4.90 Å². The molecule has 112 valence electrons. The van der Waals surface area contributed by atoms with Crippen molar-refractivity contribution in [2.75, 3.05) is 19.7 Å². The summed E-state index contributed by atoms with van der Waals surface area (Å²) >= 11 is 0. The molecule has 0 amide bonds. The van der Waals surface area contributed by atoms with Crippen molar-refractivity contribution in [1.29, 1.82) is 0 Å². The van der Waals surface area contributed by atoms with E-state index in [2.05, 4.69) is 43.0 Å². The highest BCUT2D eigenvalue weighted by atomic mass is 16.5. The monoisotopic (exact) mass is 276 g/mol. The molecule has 0 radical (unpaired) electrons. The zero-order valence-electron chi connectivity index (χ0n) is 13.0. The second-order valence-electron chi connectivity index (χ2n) is 6.14. The van der Waals surface area contributed by atoms with Gasteiger partial charge in [-0.3, -0.25) is 4.90 Å². The fourth-order valence-electron chi connectivity index (χ4n) is 3.16. The highest BCUT2D eigenvalue weighted by Crippen LogP contribution is 2.31. The molecule has 1 heterocycles. The number of nitrogens with zero attached hydrogens (tertiary/aromatic N) is 1. The molecule has 0 aromatic heterocycles. The van der Waals surface area contributed by atoms with Crippen molar-refractivity contribution >= 4 is 0 Å². The van der Waals surface area contributed by atoms with Gasteiger partial charge in [0.1, 0.15) is 5.75 Å². The van der Waals surface area contributed by atoms with E-state index < -0.39 is 0 Å². The number of ether oxygens (including phenoxy) is 1. The Morgan fingerprint density at radius 2 is 2.00 bits per heavy atom. The summed E-state index contributed by atoms with van der Waals surface area (Å²) in [4.78, 5) is 2.55. The van der Waals surface area contributed by atoms with E-state index in [0.717, 1.165) is 25.3 Å². The molecule has 1 aromatic rings. The minimum Gasteiger partial charge on any atom is -0.494 e. The third-order valence-electron chi connectivity index (χ3n) is 3.91. The summed E-state index contributed by atoms with van der Waals surface area (Å²) in [7, 11) is 0. The summed E-state index contributed by atoms with van der Waals surface area (Å²) in [5.74, 6) is 1.61. The molecule has 1 aromatic carbocycles. The first-order valence-corrected chi connectivity index (χ1v) is 7.84. The van der Waals surface area contributed by atoms with Crippen LogP contribution in [-0.4, -0.2) is 30.6 Å². The summed E-state index contributed by atoms with van der Waals surface area (Å²) in [6.45, 7) is 9.54. The predicted octanol–water partition coefficient (Wildman–Crippen LogP) is 3.21. The quantitative estimate of drug-likeness (QED) is 0.897. The van der Waals surface area contributed by atoms with Crippen LogP contribution in [0.15, 0.2) is 24.3 Å². The van der Waals surface area contributed by atoms with E-state index in [-0.39, 0.29) is 6.04 Å². The van der Waals surface area contributed by atoms with Crippen molar-refractivity contribution in [3.63, 3.8) is 0 Å². The summed E-state index contributed by atoms with van der Waals surface area (Å²) in [5, 5.41) is 0. The Labute approximate surface area is 123 Å². The van der Waals surface area contributed by atoms with E-state index in [1.807, 2.05) is 6.92 Å². The van der Waals surface area contributed by atoms with Crippen LogP contribution in [0.5, 0.6) is 5.75 Å². The Kier molecular flexibility index (Phi) is 5.44. The maximum Gasteiger partial charge on any atom is 0.119 e. The van der Waals surface area contributed by atoms with Gasteiger partial charge >= 0.3 is 0 Å². The Morgan fingerprint density at radius 3 is 2.60 bits per heavy atom. The van der Waals surface area contributed by atoms with Crippen LogP contribution in [0.3, 0.4) is 0 Å². The molecule has 20 heavy (non-hydrogen) atoms. The first-order valence-electron chi connectivity index (χ1n) is 7.84. The lowest BCUT2D eigenvalue weighted by Crippen LogP contribution is -2.47. The van der Waals surface area contributed by atoms with Gasteiger partial charge in [-0.25, -0.2) is 0 Å². The third kappa shape index (κ3) is 3.74. The molecule has 1 saturated heterocycles. The van der Waals surface area contributed by atoms with Gasteiger partial charge < -0.3 is 10.5 Å². The van der Waals surface area contributed by atoms with Gasteiger partial charge in [0.2, 0.25) is 0 Å². The van der Waals surface area contributed by atoms with Crippen LogP contribution in [0, 0.1) is 5.92 Å². The topological polar surface area (TPSA) is 38.5 Å². The maximum absolute atomic E-state index is 6.40. The standard InChI is InChI=1S/C17H28N2O/c1-4-20-15-9-7-14(8-10-15)17-16(18)6-5-11-19(17)12-13(2)3/h7-10,13,16-17H,4-6,11-12,18H2,1-3H3. The molecule has 0 spiro atoms. The maximum atomic E-state index is 6.40. The molecule has 3 nitrogen and oxygen atoms in total. The molecule has 1 aliphatic rings. The molecule has 0 saturated carbocycles. The molecule has 0 bridgehead atoms. The number of rotatable bonds is 5. The van der Waals surface area contributed by atoms with Crippen molar-refractivity contribution in [2.45, 2.75) is 45.7 Å².